The lowest BCUT2D eigenvalue weighted by Crippen LogP contribution is -2.01. The molecule has 0 bridgehead atoms. The molecule has 2 aromatic rings. The monoisotopic (exact) mass is 308 g/mol. The van der Waals surface area contributed by atoms with Crippen molar-refractivity contribution < 1.29 is 4.79 Å². The minimum atomic E-state index is -0.0168. The Morgan fingerprint density at radius 3 is 2.53 bits per heavy atom. The van der Waals surface area contributed by atoms with Crippen LogP contribution in [0.3, 0.4) is 0 Å². The lowest BCUT2D eigenvalue weighted by molar-refractivity contribution is 0.103. The molecule has 0 saturated carbocycles. The Bertz CT molecular complexity index is 558. The highest BCUT2D eigenvalue weighted by Crippen LogP contribution is 2.19. The van der Waals surface area contributed by atoms with E-state index in [1.54, 1.807) is 24.3 Å². The molecule has 1 nitrogen and oxygen atoms in total. The maximum absolute atomic E-state index is 12.2. The molecule has 0 radical (unpaired) electrons. The molecule has 0 aliphatic rings. The molecule has 0 amide bonds. The quantitative estimate of drug-likeness (QED) is 0.738. The van der Waals surface area contributed by atoms with Gasteiger partial charge < -0.3 is 0 Å². The number of aryl methyl sites for hydroxylation is 1. The summed E-state index contributed by atoms with van der Waals surface area (Å²) in [4.78, 5) is 12.2. The van der Waals surface area contributed by atoms with Crippen LogP contribution < -0.4 is 0 Å². The Labute approximate surface area is 114 Å². The molecular weight excluding hydrogens is 300 g/mol. The number of hydrogen-bond acceptors (Lipinski definition) is 1. The summed E-state index contributed by atoms with van der Waals surface area (Å²) in [7, 11) is 0. The average Bonchev–Trinajstić information content (AvgIpc) is 2.26. The molecule has 0 spiro atoms. The zero-order valence-corrected chi connectivity index (χ0v) is 11.5. The van der Waals surface area contributed by atoms with E-state index >= 15 is 0 Å². The minimum absolute atomic E-state index is 0.0168. The number of carbonyl (C=O) groups excluding carboxylic acids is 1. The predicted octanol–water partition coefficient (Wildman–Crippen LogP) is 4.64. The molecule has 0 aliphatic carbocycles. The lowest BCUT2D eigenvalue weighted by atomic mass is 10.0. The van der Waals surface area contributed by atoms with Crippen LogP contribution in [0.5, 0.6) is 0 Å². The van der Waals surface area contributed by atoms with Gasteiger partial charge in [0.05, 0.1) is 0 Å². The number of ketones is 1. The van der Waals surface area contributed by atoms with Gasteiger partial charge in [-0.2, -0.15) is 0 Å². The van der Waals surface area contributed by atoms with Crippen molar-refractivity contribution in [1.82, 2.24) is 0 Å². The number of carbonyl (C=O) groups is 1. The highest BCUT2D eigenvalue weighted by Gasteiger charge is 2.10. The summed E-state index contributed by atoms with van der Waals surface area (Å²) in [5.41, 5.74) is 2.32. The molecule has 0 aromatic heterocycles. The highest BCUT2D eigenvalue weighted by atomic mass is 79.9. The van der Waals surface area contributed by atoms with Gasteiger partial charge in [-0.15, -0.1) is 0 Å². The van der Waals surface area contributed by atoms with Gasteiger partial charge in [-0.05, 0) is 42.8 Å². The van der Waals surface area contributed by atoms with Crippen molar-refractivity contribution in [1.29, 1.82) is 0 Å². The number of halogens is 2. The van der Waals surface area contributed by atoms with Crippen molar-refractivity contribution in [2.45, 2.75) is 6.92 Å². The fourth-order valence-corrected chi connectivity index (χ4v) is 2.46. The SMILES string of the molecule is Cc1cc(Br)cc(C(=O)c2cccc(Cl)c2)c1. The van der Waals surface area contributed by atoms with Gasteiger partial charge in [-0.3, -0.25) is 4.79 Å². The molecule has 3 heteroatoms. The van der Waals surface area contributed by atoms with Crippen LogP contribution in [0, 0.1) is 6.92 Å². The molecule has 0 aliphatic heterocycles. The normalized spacial score (nSPS) is 10.3. The second kappa shape index (κ2) is 5.03. The van der Waals surface area contributed by atoms with Gasteiger partial charge in [0.1, 0.15) is 0 Å². The summed E-state index contributed by atoms with van der Waals surface area (Å²) in [6.45, 7) is 1.96. The summed E-state index contributed by atoms with van der Waals surface area (Å²) in [6, 6.07) is 12.6. The van der Waals surface area contributed by atoms with E-state index in [-0.39, 0.29) is 5.78 Å². The van der Waals surface area contributed by atoms with Crippen LogP contribution in [0.1, 0.15) is 21.5 Å². The molecular formula is C14H10BrClO. The van der Waals surface area contributed by atoms with E-state index in [2.05, 4.69) is 15.9 Å². The molecule has 86 valence electrons. The summed E-state index contributed by atoms with van der Waals surface area (Å²) >= 11 is 9.27. The van der Waals surface area contributed by atoms with Crippen molar-refractivity contribution in [2.24, 2.45) is 0 Å². The molecule has 0 unspecified atom stereocenters. The summed E-state index contributed by atoms with van der Waals surface area (Å²) in [5.74, 6) is -0.0168. The molecule has 2 aromatic carbocycles. The van der Waals surface area contributed by atoms with Crippen molar-refractivity contribution in [2.75, 3.05) is 0 Å². The fraction of sp³-hybridized carbons (Fsp3) is 0.0714. The standard InChI is InChI=1S/C14H10BrClO/c1-9-5-11(7-12(15)6-9)14(17)10-3-2-4-13(16)8-10/h2-8H,1H3. The van der Waals surface area contributed by atoms with Crippen LogP contribution in [0.4, 0.5) is 0 Å². The first-order chi connectivity index (χ1) is 8.06. The Balaban J connectivity index is 2.43. The first-order valence-corrected chi connectivity index (χ1v) is 6.31. The van der Waals surface area contributed by atoms with E-state index in [1.165, 1.54) is 0 Å². The number of hydrogen-bond donors (Lipinski definition) is 0. The maximum atomic E-state index is 12.2. The van der Waals surface area contributed by atoms with Crippen LogP contribution in [-0.4, -0.2) is 5.78 Å². The van der Waals surface area contributed by atoms with Crippen molar-refractivity contribution >= 4 is 33.3 Å². The first-order valence-electron chi connectivity index (χ1n) is 5.14. The van der Waals surface area contributed by atoms with Gasteiger partial charge in [0.2, 0.25) is 0 Å². The van der Waals surface area contributed by atoms with E-state index in [0.717, 1.165) is 10.0 Å². The molecule has 2 rings (SSSR count). The third-order valence-electron chi connectivity index (χ3n) is 2.39. The van der Waals surface area contributed by atoms with Crippen LogP contribution in [-0.2, 0) is 0 Å². The van der Waals surface area contributed by atoms with E-state index in [0.29, 0.717) is 16.1 Å². The smallest absolute Gasteiger partial charge is 0.193 e. The predicted molar refractivity (Wildman–Crippen MR) is 73.8 cm³/mol. The molecule has 0 heterocycles. The second-order valence-corrected chi connectivity index (χ2v) is 5.21. The number of benzene rings is 2. The largest absolute Gasteiger partial charge is 0.289 e. The Morgan fingerprint density at radius 1 is 1.12 bits per heavy atom. The fourth-order valence-electron chi connectivity index (χ4n) is 1.66. The van der Waals surface area contributed by atoms with Crippen LogP contribution in [0.25, 0.3) is 0 Å². The van der Waals surface area contributed by atoms with Gasteiger partial charge >= 0.3 is 0 Å². The van der Waals surface area contributed by atoms with E-state index in [1.807, 2.05) is 25.1 Å². The van der Waals surface area contributed by atoms with E-state index < -0.39 is 0 Å². The van der Waals surface area contributed by atoms with Crippen LogP contribution in [0.15, 0.2) is 46.9 Å². The van der Waals surface area contributed by atoms with Crippen molar-refractivity contribution in [3.05, 3.63) is 68.7 Å². The minimum Gasteiger partial charge on any atom is -0.289 e. The van der Waals surface area contributed by atoms with E-state index in [4.69, 9.17) is 11.6 Å². The van der Waals surface area contributed by atoms with E-state index in [9.17, 15) is 4.79 Å². The molecule has 0 saturated heterocycles. The lowest BCUT2D eigenvalue weighted by Gasteiger charge is -2.04. The van der Waals surface area contributed by atoms with Gasteiger partial charge in [-0.25, -0.2) is 0 Å². The molecule has 17 heavy (non-hydrogen) atoms. The maximum Gasteiger partial charge on any atom is 0.193 e. The molecule has 0 N–H and O–H groups in total. The number of rotatable bonds is 2. The van der Waals surface area contributed by atoms with Gasteiger partial charge in [0, 0.05) is 20.6 Å². The summed E-state index contributed by atoms with van der Waals surface area (Å²) in [5, 5.41) is 0.572. The first kappa shape index (κ1) is 12.3. The molecule has 0 atom stereocenters. The van der Waals surface area contributed by atoms with Gasteiger partial charge in [-0.1, -0.05) is 39.7 Å². The third kappa shape index (κ3) is 2.96. The highest BCUT2D eigenvalue weighted by molar-refractivity contribution is 9.10. The Kier molecular flexibility index (Phi) is 3.65. The Morgan fingerprint density at radius 2 is 1.88 bits per heavy atom. The average molecular weight is 310 g/mol. The Hall–Kier alpha value is -1.12. The van der Waals surface area contributed by atoms with Crippen LogP contribution in [0.2, 0.25) is 5.02 Å². The van der Waals surface area contributed by atoms with Crippen LogP contribution >= 0.6 is 27.5 Å². The summed E-state index contributed by atoms with van der Waals surface area (Å²) in [6.07, 6.45) is 0. The topological polar surface area (TPSA) is 17.1 Å². The van der Waals surface area contributed by atoms with Crippen molar-refractivity contribution in [3.63, 3.8) is 0 Å². The summed E-state index contributed by atoms with van der Waals surface area (Å²) < 4.78 is 0.905. The van der Waals surface area contributed by atoms with Gasteiger partial charge in [0.15, 0.2) is 5.78 Å². The van der Waals surface area contributed by atoms with Crippen molar-refractivity contribution in [3.8, 4) is 0 Å². The molecule has 0 fully saturated rings. The third-order valence-corrected chi connectivity index (χ3v) is 3.08. The zero-order valence-electron chi connectivity index (χ0n) is 9.21. The second-order valence-electron chi connectivity index (χ2n) is 3.86. The zero-order chi connectivity index (χ0) is 12.4. The van der Waals surface area contributed by atoms with Gasteiger partial charge in [0.25, 0.3) is 0 Å².